The number of hydrogen-bond acceptors (Lipinski definition) is 1. The lowest BCUT2D eigenvalue weighted by molar-refractivity contribution is 0.415. The number of benzene rings is 1. The van der Waals surface area contributed by atoms with Crippen LogP contribution in [-0.2, 0) is 0 Å². The van der Waals surface area contributed by atoms with Crippen molar-refractivity contribution in [2.45, 2.75) is 19.8 Å². The van der Waals surface area contributed by atoms with Crippen LogP contribution in [0.3, 0.4) is 0 Å². The van der Waals surface area contributed by atoms with E-state index in [1.165, 1.54) is 11.3 Å². The molecular weight excluding hydrogens is 198 g/mol. The fourth-order valence-corrected chi connectivity index (χ4v) is 1.69. The van der Waals surface area contributed by atoms with Crippen LogP contribution in [0.4, 0.5) is 0 Å². The Kier molecular flexibility index (Phi) is 3.00. The number of ether oxygens (including phenoxy) is 1. The van der Waals surface area contributed by atoms with Crippen molar-refractivity contribution < 1.29 is 4.74 Å². The average Bonchev–Trinajstić information content (AvgIpc) is 2.78. The highest BCUT2D eigenvalue weighted by Crippen LogP contribution is 2.23. The summed E-state index contributed by atoms with van der Waals surface area (Å²) in [5, 5.41) is 0. The lowest BCUT2D eigenvalue weighted by atomic mass is 10.1. The number of hydrogen-bond donors (Lipinski definition) is 1. The molecule has 2 aromatic rings. The van der Waals surface area contributed by atoms with Gasteiger partial charge in [-0.1, -0.05) is 13.8 Å². The molecule has 2 heteroatoms. The number of aromatic nitrogens is 1. The molecular formula is C14H17NO. The number of nitrogens with one attached hydrogen (secondary N) is 1. The molecule has 2 rings (SSSR count). The zero-order valence-corrected chi connectivity index (χ0v) is 9.95. The summed E-state index contributed by atoms with van der Waals surface area (Å²) in [7, 11) is 1.68. The van der Waals surface area contributed by atoms with E-state index < -0.39 is 0 Å². The molecule has 0 saturated heterocycles. The van der Waals surface area contributed by atoms with E-state index in [4.69, 9.17) is 4.74 Å². The zero-order valence-electron chi connectivity index (χ0n) is 9.95. The summed E-state index contributed by atoms with van der Waals surface area (Å²) >= 11 is 0. The predicted octanol–water partition coefficient (Wildman–Crippen LogP) is 3.81. The fourth-order valence-electron chi connectivity index (χ4n) is 1.69. The Labute approximate surface area is 96.3 Å². The third kappa shape index (κ3) is 2.11. The lowest BCUT2D eigenvalue weighted by Gasteiger charge is -2.03. The monoisotopic (exact) mass is 215 g/mol. The van der Waals surface area contributed by atoms with Gasteiger partial charge in [0.05, 0.1) is 7.11 Å². The van der Waals surface area contributed by atoms with Gasteiger partial charge in [0, 0.05) is 11.4 Å². The van der Waals surface area contributed by atoms with Crippen LogP contribution in [0, 0.1) is 0 Å². The van der Waals surface area contributed by atoms with E-state index in [1.807, 2.05) is 12.1 Å². The Morgan fingerprint density at radius 2 is 1.69 bits per heavy atom. The molecule has 1 heterocycles. The Hall–Kier alpha value is -1.70. The standard InChI is InChI=1S/C14H17NO/c1-10(2)13-8-9-14(15-13)11-4-6-12(16-3)7-5-11/h4-10,15H,1-3H3. The maximum Gasteiger partial charge on any atom is 0.118 e. The van der Waals surface area contributed by atoms with Gasteiger partial charge in [-0.3, -0.25) is 0 Å². The molecule has 0 bridgehead atoms. The van der Waals surface area contributed by atoms with E-state index in [0.29, 0.717) is 5.92 Å². The molecule has 0 aliphatic rings. The Balaban J connectivity index is 2.28. The second kappa shape index (κ2) is 4.44. The van der Waals surface area contributed by atoms with Gasteiger partial charge in [-0.15, -0.1) is 0 Å². The van der Waals surface area contributed by atoms with Crippen molar-refractivity contribution in [2.24, 2.45) is 0 Å². The van der Waals surface area contributed by atoms with Crippen LogP contribution < -0.4 is 4.74 Å². The number of methoxy groups -OCH3 is 1. The third-order valence-corrected chi connectivity index (χ3v) is 2.73. The van der Waals surface area contributed by atoms with E-state index >= 15 is 0 Å². The van der Waals surface area contributed by atoms with E-state index in [9.17, 15) is 0 Å². The number of rotatable bonds is 3. The summed E-state index contributed by atoms with van der Waals surface area (Å²) in [6, 6.07) is 12.3. The molecule has 0 aliphatic heterocycles. The summed E-state index contributed by atoms with van der Waals surface area (Å²) in [4.78, 5) is 3.43. The SMILES string of the molecule is COc1ccc(-c2ccc(C(C)C)[nH]2)cc1. The summed E-state index contributed by atoms with van der Waals surface area (Å²) in [5.74, 6) is 1.42. The average molecular weight is 215 g/mol. The topological polar surface area (TPSA) is 25.0 Å². The summed E-state index contributed by atoms with van der Waals surface area (Å²) in [6.07, 6.45) is 0. The van der Waals surface area contributed by atoms with Gasteiger partial charge in [-0.05, 0) is 47.9 Å². The van der Waals surface area contributed by atoms with Gasteiger partial charge in [0.2, 0.25) is 0 Å². The minimum absolute atomic E-state index is 0.534. The molecule has 1 aromatic heterocycles. The molecule has 0 aliphatic carbocycles. The van der Waals surface area contributed by atoms with Crippen LogP contribution >= 0.6 is 0 Å². The van der Waals surface area contributed by atoms with Crippen LogP contribution in [0.1, 0.15) is 25.5 Å². The minimum Gasteiger partial charge on any atom is -0.497 e. The molecule has 84 valence electrons. The molecule has 0 amide bonds. The first-order chi connectivity index (χ1) is 7.70. The van der Waals surface area contributed by atoms with Gasteiger partial charge in [-0.25, -0.2) is 0 Å². The van der Waals surface area contributed by atoms with Crippen LogP contribution in [0.25, 0.3) is 11.3 Å². The molecule has 0 unspecified atom stereocenters. The molecule has 0 saturated carbocycles. The maximum absolute atomic E-state index is 5.14. The van der Waals surface area contributed by atoms with Crippen molar-refractivity contribution in [3.63, 3.8) is 0 Å². The Bertz CT molecular complexity index is 454. The number of H-pyrrole nitrogens is 1. The highest BCUT2D eigenvalue weighted by Gasteiger charge is 2.04. The first kappa shape index (κ1) is 10.8. The van der Waals surface area contributed by atoms with Gasteiger partial charge in [0.1, 0.15) is 5.75 Å². The van der Waals surface area contributed by atoms with Crippen LogP contribution in [0.2, 0.25) is 0 Å². The first-order valence-electron chi connectivity index (χ1n) is 5.54. The van der Waals surface area contributed by atoms with Crippen molar-refractivity contribution in [1.82, 2.24) is 4.98 Å². The molecule has 16 heavy (non-hydrogen) atoms. The molecule has 0 radical (unpaired) electrons. The Morgan fingerprint density at radius 3 is 2.19 bits per heavy atom. The zero-order chi connectivity index (χ0) is 11.5. The van der Waals surface area contributed by atoms with Crippen LogP contribution in [-0.4, -0.2) is 12.1 Å². The second-order valence-corrected chi connectivity index (χ2v) is 4.21. The molecule has 0 fully saturated rings. The van der Waals surface area contributed by atoms with Crippen LogP contribution in [0.5, 0.6) is 5.75 Å². The Morgan fingerprint density at radius 1 is 1.00 bits per heavy atom. The smallest absolute Gasteiger partial charge is 0.118 e. The molecule has 0 atom stereocenters. The lowest BCUT2D eigenvalue weighted by Crippen LogP contribution is -1.87. The van der Waals surface area contributed by atoms with Gasteiger partial charge in [0.25, 0.3) is 0 Å². The maximum atomic E-state index is 5.14. The van der Waals surface area contributed by atoms with E-state index in [2.05, 4.69) is 43.1 Å². The van der Waals surface area contributed by atoms with Crippen molar-refractivity contribution in [3.8, 4) is 17.0 Å². The molecule has 2 nitrogen and oxygen atoms in total. The third-order valence-electron chi connectivity index (χ3n) is 2.73. The van der Waals surface area contributed by atoms with Gasteiger partial charge in [0.15, 0.2) is 0 Å². The normalized spacial score (nSPS) is 10.8. The van der Waals surface area contributed by atoms with Crippen molar-refractivity contribution in [1.29, 1.82) is 0 Å². The fraction of sp³-hybridized carbons (Fsp3) is 0.286. The van der Waals surface area contributed by atoms with E-state index in [1.54, 1.807) is 7.11 Å². The van der Waals surface area contributed by atoms with E-state index in [-0.39, 0.29) is 0 Å². The highest BCUT2D eigenvalue weighted by molar-refractivity contribution is 5.61. The predicted molar refractivity (Wildman–Crippen MR) is 66.9 cm³/mol. The van der Waals surface area contributed by atoms with Crippen molar-refractivity contribution >= 4 is 0 Å². The van der Waals surface area contributed by atoms with Crippen LogP contribution in [0.15, 0.2) is 36.4 Å². The van der Waals surface area contributed by atoms with E-state index in [0.717, 1.165) is 11.4 Å². The van der Waals surface area contributed by atoms with Crippen molar-refractivity contribution in [2.75, 3.05) is 7.11 Å². The quantitative estimate of drug-likeness (QED) is 0.827. The highest BCUT2D eigenvalue weighted by atomic mass is 16.5. The number of aromatic amines is 1. The summed E-state index contributed by atoms with van der Waals surface area (Å²) in [5.41, 5.74) is 3.62. The molecule has 1 aromatic carbocycles. The molecule has 1 N–H and O–H groups in total. The second-order valence-electron chi connectivity index (χ2n) is 4.21. The van der Waals surface area contributed by atoms with Gasteiger partial charge < -0.3 is 9.72 Å². The van der Waals surface area contributed by atoms with Gasteiger partial charge in [-0.2, -0.15) is 0 Å². The largest absolute Gasteiger partial charge is 0.497 e. The first-order valence-corrected chi connectivity index (χ1v) is 5.54. The minimum atomic E-state index is 0.534. The van der Waals surface area contributed by atoms with Crippen molar-refractivity contribution in [3.05, 3.63) is 42.1 Å². The summed E-state index contributed by atoms with van der Waals surface area (Å²) in [6.45, 7) is 4.37. The summed E-state index contributed by atoms with van der Waals surface area (Å²) < 4.78 is 5.14. The van der Waals surface area contributed by atoms with Gasteiger partial charge >= 0.3 is 0 Å². The molecule has 0 spiro atoms.